The van der Waals surface area contributed by atoms with E-state index in [2.05, 4.69) is 56.1 Å². The van der Waals surface area contributed by atoms with Gasteiger partial charge in [-0.1, -0.05) is 49.8 Å². The van der Waals surface area contributed by atoms with Gasteiger partial charge >= 0.3 is 0 Å². The number of aromatic nitrogens is 2. The van der Waals surface area contributed by atoms with Crippen LogP contribution in [0.15, 0.2) is 36.5 Å². The van der Waals surface area contributed by atoms with E-state index in [1.807, 2.05) is 36.7 Å². The van der Waals surface area contributed by atoms with E-state index in [1.165, 1.54) is 5.56 Å². The fourth-order valence-corrected chi connectivity index (χ4v) is 3.44. The van der Waals surface area contributed by atoms with Crippen molar-refractivity contribution >= 4 is 11.7 Å². The molecular formula is C22H30N4O2. The second-order valence-electron chi connectivity index (χ2n) is 8.15. The lowest BCUT2D eigenvalue weighted by Crippen LogP contribution is -2.36. The summed E-state index contributed by atoms with van der Waals surface area (Å²) in [6.45, 7) is 9.86. The largest absolute Gasteiger partial charge is 0.465 e. The molecule has 0 spiro atoms. The number of amides is 1. The monoisotopic (exact) mass is 382 g/mol. The second kappa shape index (κ2) is 7.70. The molecule has 2 heterocycles. The van der Waals surface area contributed by atoms with Crippen LogP contribution in [0.4, 0.5) is 5.82 Å². The van der Waals surface area contributed by atoms with Gasteiger partial charge in [0.05, 0.1) is 13.2 Å². The molecule has 1 aromatic heterocycles. The topological polar surface area (TPSA) is 50.6 Å². The van der Waals surface area contributed by atoms with Crippen LogP contribution in [-0.2, 0) is 6.54 Å². The molecule has 28 heavy (non-hydrogen) atoms. The summed E-state index contributed by atoms with van der Waals surface area (Å²) >= 11 is 0. The number of nitrogens with zero attached hydrogens (tertiary/aromatic N) is 4. The normalized spacial score (nSPS) is 17.6. The van der Waals surface area contributed by atoms with E-state index in [1.54, 1.807) is 4.90 Å². The van der Waals surface area contributed by atoms with E-state index >= 15 is 0 Å². The Bertz CT molecular complexity index is 881. The Morgan fingerprint density at radius 1 is 1.18 bits per heavy atom. The first-order valence-electron chi connectivity index (χ1n) is 9.68. The molecule has 0 aliphatic carbocycles. The number of carbonyl (C=O) groups is 1. The first-order chi connectivity index (χ1) is 13.2. The summed E-state index contributed by atoms with van der Waals surface area (Å²) in [5.41, 5.74) is 2.72. The Hall–Kier alpha value is -2.76. The molecule has 2 aromatic rings. The van der Waals surface area contributed by atoms with Crippen molar-refractivity contribution in [2.75, 3.05) is 32.1 Å². The molecule has 0 unspecified atom stereocenters. The summed E-state index contributed by atoms with van der Waals surface area (Å²) in [6.07, 6.45) is 4.11. The number of fused-ring (bicyclic) bond motifs is 1. The van der Waals surface area contributed by atoms with Crippen molar-refractivity contribution in [2.45, 2.75) is 34.2 Å². The highest BCUT2D eigenvalue weighted by molar-refractivity contribution is 5.98. The number of aryl methyl sites for hydroxylation is 1. The number of hydrogen-bond donors (Lipinski definition) is 0. The van der Waals surface area contributed by atoms with Gasteiger partial charge in [0.15, 0.2) is 11.5 Å². The Balaban J connectivity index is 2.13. The lowest BCUT2D eigenvalue weighted by molar-refractivity contribution is 0.0748. The molecule has 0 N–H and O–H groups in total. The Labute approximate surface area is 167 Å². The standard InChI is InChI=1S/C22H30N4O2/c1-7-28-21-23-19-18(26(21)14-17-10-8-16(2)9-11-17)20(27)25(6)15-22(3,4)12-13-24(19)5/h8-13H,7,14-15H2,1-6H3/b13-12+. The van der Waals surface area contributed by atoms with Crippen molar-refractivity contribution in [3.63, 3.8) is 0 Å². The summed E-state index contributed by atoms with van der Waals surface area (Å²) in [4.78, 5) is 21.8. The SMILES string of the molecule is CCOc1nc2c(n1Cc1ccc(C)cc1)C(=O)N(C)CC(C)(C)/C=C/N2C. The number of benzene rings is 1. The molecule has 6 nitrogen and oxygen atoms in total. The number of anilines is 1. The summed E-state index contributed by atoms with van der Waals surface area (Å²) in [6, 6.07) is 8.77. The summed E-state index contributed by atoms with van der Waals surface area (Å²) in [5, 5.41) is 0. The molecule has 1 aliphatic rings. The summed E-state index contributed by atoms with van der Waals surface area (Å²) in [7, 11) is 3.76. The van der Waals surface area contributed by atoms with Crippen LogP contribution in [0.3, 0.4) is 0 Å². The first-order valence-corrected chi connectivity index (χ1v) is 9.68. The molecule has 0 bridgehead atoms. The third-order valence-corrected chi connectivity index (χ3v) is 4.93. The Kier molecular flexibility index (Phi) is 5.49. The van der Waals surface area contributed by atoms with E-state index < -0.39 is 0 Å². The number of ether oxygens (including phenoxy) is 1. The molecule has 1 amide bonds. The minimum Gasteiger partial charge on any atom is -0.465 e. The van der Waals surface area contributed by atoms with Gasteiger partial charge in [-0.2, -0.15) is 4.98 Å². The number of carbonyl (C=O) groups excluding carboxylic acids is 1. The fourth-order valence-electron chi connectivity index (χ4n) is 3.44. The quantitative estimate of drug-likeness (QED) is 0.809. The molecule has 0 saturated heterocycles. The van der Waals surface area contributed by atoms with Crippen molar-refractivity contribution < 1.29 is 9.53 Å². The van der Waals surface area contributed by atoms with Gasteiger partial charge in [0.25, 0.3) is 11.9 Å². The van der Waals surface area contributed by atoms with E-state index in [9.17, 15) is 4.79 Å². The molecule has 0 atom stereocenters. The average molecular weight is 383 g/mol. The lowest BCUT2D eigenvalue weighted by atomic mass is 9.93. The van der Waals surface area contributed by atoms with Gasteiger partial charge in [0.2, 0.25) is 0 Å². The Morgan fingerprint density at radius 2 is 1.86 bits per heavy atom. The fraction of sp³-hybridized carbons (Fsp3) is 0.455. The van der Waals surface area contributed by atoms with Crippen LogP contribution in [0.5, 0.6) is 6.01 Å². The molecular weight excluding hydrogens is 352 g/mol. The minimum atomic E-state index is -0.132. The molecule has 1 aromatic carbocycles. The van der Waals surface area contributed by atoms with Crippen molar-refractivity contribution in [3.8, 4) is 6.01 Å². The minimum absolute atomic E-state index is 0.0517. The third-order valence-electron chi connectivity index (χ3n) is 4.93. The van der Waals surface area contributed by atoms with Crippen LogP contribution in [0, 0.1) is 12.3 Å². The van der Waals surface area contributed by atoms with Crippen molar-refractivity contribution in [2.24, 2.45) is 5.41 Å². The van der Waals surface area contributed by atoms with Gasteiger partial charge in [0.1, 0.15) is 0 Å². The van der Waals surface area contributed by atoms with E-state index in [4.69, 9.17) is 4.74 Å². The van der Waals surface area contributed by atoms with E-state index in [-0.39, 0.29) is 11.3 Å². The van der Waals surface area contributed by atoms with Gasteiger partial charge < -0.3 is 14.5 Å². The van der Waals surface area contributed by atoms with Gasteiger partial charge in [-0.3, -0.25) is 9.36 Å². The van der Waals surface area contributed by atoms with Crippen LogP contribution in [0.1, 0.15) is 42.4 Å². The first kappa shape index (κ1) is 20.0. The predicted molar refractivity (Wildman–Crippen MR) is 112 cm³/mol. The lowest BCUT2D eigenvalue weighted by Gasteiger charge is -2.27. The van der Waals surface area contributed by atoms with Gasteiger partial charge in [-0.15, -0.1) is 0 Å². The number of hydrogen-bond acceptors (Lipinski definition) is 4. The zero-order chi connectivity index (χ0) is 20.5. The van der Waals surface area contributed by atoms with Crippen LogP contribution in [0.2, 0.25) is 0 Å². The number of rotatable bonds is 4. The third kappa shape index (κ3) is 4.06. The molecule has 0 fully saturated rings. The van der Waals surface area contributed by atoms with Gasteiger partial charge in [0, 0.05) is 32.3 Å². The highest BCUT2D eigenvalue weighted by Crippen LogP contribution is 2.31. The smallest absolute Gasteiger partial charge is 0.299 e. The van der Waals surface area contributed by atoms with Crippen molar-refractivity contribution in [1.29, 1.82) is 0 Å². The van der Waals surface area contributed by atoms with Crippen molar-refractivity contribution in [1.82, 2.24) is 14.5 Å². The molecule has 3 rings (SSSR count). The van der Waals surface area contributed by atoms with Gasteiger partial charge in [-0.25, -0.2) is 0 Å². The molecule has 1 aliphatic heterocycles. The summed E-state index contributed by atoms with van der Waals surface area (Å²) < 4.78 is 7.70. The molecule has 6 heteroatoms. The molecule has 0 radical (unpaired) electrons. The highest BCUT2D eigenvalue weighted by Gasteiger charge is 2.31. The maximum atomic E-state index is 13.4. The predicted octanol–water partition coefficient (Wildman–Crippen LogP) is 3.70. The van der Waals surface area contributed by atoms with Crippen LogP contribution in [-0.4, -0.2) is 47.6 Å². The molecule has 0 saturated carbocycles. The molecule has 150 valence electrons. The van der Waals surface area contributed by atoms with E-state index in [0.29, 0.717) is 37.2 Å². The van der Waals surface area contributed by atoms with E-state index in [0.717, 1.165) is 5.56 Å². The maximum Gasteiger partial charge on any atom is 0.299 e. The zero-order valence-electron chi connectivity index (χ0n) is 17.7. The maximum absolute atomic E-state index is 13.4. The zero-order valence-corrected chi connectivity index (χ0v) is 17.7. The van der Waals surface area contributed by atoms with Crippen LogP contribution in [0.25, 0.3) is 0 Å². The van der Waals surface area contributed by atoms with Gasteiger partial charge in [-0.05, 0) is 19.4 Å². The van der Waals surface area contributed by atoms with Crippen LogP contribution < -0.4 is 9.64 Å². The number of imidazole rings is 1. The second-order valence-corrected chi connectivity index (χ2v) is 8.15. The van der Waals surface area contributed by atoms with Crippen molar-refractivity contribution in [3.05, 3.63) is 53.4 Å². The van der Waals surface area contributed by atoms with Crippen LogP contribution >= 0.6 is 0 Å². The Morgan fingerprint density at radius 3 is 2.50 bits per heavy atom. The average Bonchev–Trinajstić information content (AvgIpc) is 2.99. The highest BCUT2D eigenvalue weighted by atomic mass is 16.5. The summed E-state index contributed by atoms with van der Waals surface area (Å²) in [5.74, 6) is 0.561.